The third kappa shape index (κ3) is 13.7. The molecule has 0 rings (SSSR count). The molecule has 0 bridgehead atoms. The Kier molecular flexibility index (Phi) is 16.8. The fraction of sp³-hybridized carbons (Fsp3) is 0.808. The van der Waals surface area contributed by atoms with Gasteiger partial charge in [-0.15, -0.1) is 0 Å². The van der Waals surface area contributed by atoms with Gasteiger partial charge in [-0.1, -0.05) is 48.0 Å². The minimum Gasteiger partial charge on any atom is -0.346 e. The number of amides is 4. The number of nitrogens with one attached hydrogen (secondary N) is 2. The zero-order valence-electron chi connectivity index (χ0n) is 23.0. The van der Waals surface area contributed by atoms with E-state index in [-0.39, 0.29) is 43.6 Å². The second-order valence-corrected chi connectivity index (χ2v) is 10.7. The molecule has 0 aliphatic carbocycles. The standard InChI is InChI=1S/C26H48N5O5/c1-17(2)12-20(16-32)31(24(34)10-8-7-9-11-27)26(36)22(14-19(5)6)30-23(33)15-29-25(35)21(28)13-18(3)4/h17-22H,7-15,27-28H2,1-6H3,(H,29,35)(H,30,33)/t20-,21-,22-/m0/s1. The first kappa shape index (κ1) is 33.7. The van der Waals surface area contributed by atoms with E-state index >= 15 is 0 Å². The van der Waals surface area contributed by atoms with Crippen molar-refractivity contribution in [3.8, 4) is 0 Å². The van der Waals surface area contributed by atoms with E-state index in [4.69, 9.17) is 11.5 Å². The van der Waals surface area contributed by atoms with Crippen molar-refractivity contribution in [1.82, 2.24) is 15.5 Å². The summed E-state index contributed by atoms with van der Waals surface area (Å²) in [5.74, 6) is -1.87. The molecule has 36 heavy (non-hydrogen) atoms. The summed E-state index contributed by atoms with van der Waals surface area (Å²) in [4.78, 5) is 64.3. The minimum absolute atomic E-state index is 0.0126. The average molecular weight is 511 g/mol. The third-order valence-electron chi connectivity index (χ3n) is 5.57. The van der Waals surface area contributed by atoms with Crippen LogP contribution in [0, 0.1) is 17.8 Å². The summed E-state index contributed by atoms with van der Waals surface area (Å²) in [7, 11) is 0. The van der Waals surface area contributed by atoms with E-state index in [1.807, 2.05) is 47.8 Å². The number of hydrogen-bond acceptors (Lipinski definition) is 7. The van der Waals surface area contributed by atoms with Crippen molar-refractivity contribution in [2.45, 2.75) is 105 Å². The van der Waals surface area contributed by atoms with Crippen molar-refractivity contribution in [3.63, 3.8) is 0 Å². The van der Waals surface area contributed by atoms with Crippen LogP contribution >= 0.6 is 0 Å². The number of nitrogens with two attached hydrogens (primary N) is 2. The van der Waals surface area contributed by atoms with Gasteiger partial charge in [0.1, 0.15) is 12.1 Å². The molecular weight excluding hydrogens is 462 g/mol. The van der Waals surface area contributed by atoms with Gasteiger partial charge >= 0.3 is 0 Å². The molecule has 10 nitrogen and oxygen atoms in total. The Hall–Kier alpha value is -2.33. The number of imide groups is 1. The average Bonchev–Trinajstić information content (AvgIpc) is 2.78. The highest BCUT2D eigenvalue weighted by molar-refractivity contribution is 6.01. The number of carbonyl (C=O) groups is 4. The Balaban J connectivity index is 5.60. The van der Waals surface area contributed by atoms with Crippen molar-refractivity contribution in [1.29, 1.82) is 0 Å². The lowest BCUT2D eigenvalue weighted by Gasteiger charge is -2.31. The van der Waals surface area contributed by atoms with Crippen LogP contribution in [0.3, 0.4) is 0 Å². The number of rotatable bonds is 18. The van der Waals surface area contributed by atoms with Gasteiger partial charge in [-0.05, 0) is 56.4 Å². The lowest BCUT2D eigenvalue weighted by molar-refractivity contribution is -0.149. The number of hydrogen-bond donors (Lipinski definition) is 4. The first-order chi connectivity index (χ1) is 16.8. The van der Waals surface area contributed by atoms with Crippen LogP contribution in [0.2, 0.25) is 0 Å². The predicted octanol–water partition coefficient (Wildman–Crippen LogP) is 1.41. The van der Waals surface area contributed by atoms with Crippen LogP contribution in [-0.4, -0.2) is 66.0 Å². The maximum atomic E-state index is 13.6. The molecule has 0 saturated heterocycles. The summed E-state index contributed by atoms with van der Waals surface area (Å²) >= 11 is 0. The van der Waals surface area contributed by atoms with Gasteiger partial charge in [0.25, 0.3) is 5.91 Å². The van der Waals surface area contributed by atoms with E-state index in [1.165, 1.54) is 0 Å². The summed E-state index contributed by atoms with van der Waals surface area (Å²) in [6.07, 6.45) is 4.99. The zero-order chi connectivity index (χ0) is 27.8. The van der Waals surface area contributed by atoms with Gasteiger partial charge in [-0.3, -0.25) is 28.9 Å². The van der Waals surface area contributed by atoms with Crippen LogP contribution in [0.15, 0.2) is 0 Å². The van der Waals surface area contributed by atoms with E-state index in [0.29, 0.717) is 19.4 Å². The molecule has 0 saturated carbocycles. The van der Waals surface area contributed by atoms with Crippen LogP contribution in [0.25, 0.3) is 0 Å². The Morgan fingerprint density at radius 1 is 0.861 bits per heavy atom. The van der Waals surface area contributed by atoms with Crippen molar-refractivity contribution in [2.75, 3.05) is 13.1 Å². The molecule has 0 unspecified atom stereocenters. The van der Waals surface area contributed by atoms with E-state index in [2.05, 4.69) is 10.6 Å². The molecule has 10 heteroatoms. The van der Waals surface area contributed by atoms with E-state index in [9.17, 15) is 24.0 Å². The molecule has 0 heterocycles. The summed E-state index contributed by atoms with van der Waals surface area (Å²) < 4.78 is 0. The molecule has 6 N–H and O–H groups in total. The molecule has 0 spiro atoms. The van der Waals surface area contributed by atoms with Gasteiger partial charge in [0.05, 0.1) is 12.6 Å². The van der Waals surface area contributed by atoms with Crippen molar-refractivity contribution in [3.05, 3.63) is 0 Å². The Bertz CT molecular complexity index is 711. The highest BCUT2D eigenvalue weighted by Gasteiger charge is 2.36. The summed E-state index contributed by atoms with van der Waals surface area (Å²) in [5, 5.41) is 5.14. The quantitative estimate of drug-likeness (QED) is 0.202. The largest absolute Gasteiger partial charge is 0.346 e. The molecule has 3 atom stereocenters. The molecule has 4 amide bonds. The minimum atomic E-state index is -1.04. The van der Waals surface area contributed by atoms with Gasteiger partial charge in [0, 0.05) is 6.42 Å². The topological polar surface area (TPSA) is 165 Å². The molecule has 1 radical (unpaired) electrons. The second-order valence-electron chi connectivity index (χ2n) is 10.7. The molecule has 0 aliphatic rings. The van der Waals surface area contributed by atoms with Gasteiger partial charge in [-0.25, -0.2) is 0 Å². The Morgan fingerprint density at radius 2 is 1.44 bits per heavy atom. The maximum absolute atomic E-state index is 13.6. The summed E-state index contributed by atoms with van der Waals surface area (Å²) in [5.41, 5.74) is 11.4. The number of carbonyl (C=O) groups excluding carboxylic acids is 5. The van der Waals surface area contributed by atoms with Crippen molar-refractivity contribution >= 4 is 29.9 Å². The fourth-order valence-electron chi connectivity index (χ4n) is 3.84. The van der Waals surface area contributed by atoms with Crippen molar-refractivity contribution in [2.24, 2.45) is 29.2 Å². The van der Waals surface area contributed by atoms with Crippen LogP contribution in [0.4, 0.5) is 0 Å². The molecule has 0 aromatic carbocycles. The fourth-order valence-corrected chi connectivity index (χ4v) is 3.84. The Labute approximate surface area is 216 Å². The molecular formula is C26H48N5O5. The van der Waals surface area contributed by atoms with Crippen LogP contribution in [-0.2, 0) is 24.0 Å². The zero-order valence-corrected chi connectivity index (χ0v) is 23.0. The van der Waals surface area contributed by atoms with Gasteiger partial charge in [0.2, 0.25) is 24.0 Å². The smallest absolute Gasteiger partial charge is 0.252 e. The van der Waals surface area contributed by atoms with E-state index in [1.54, 1.807) is 0 Å². The van der Waals surface area contributed by atoms with Gasteiger partial charge in [0.15, 0.2) is 0 Å². The van der Waals surface area contributed by atoms with E-state index in [0.717, 1.165) is 17.7 Å². The van der Waals surface area contributed by atoms with Crippen LogP contribution in [0.5, 0.6) is 0 Å². The summed E-state index contributed by atoms with van der Waals surface area (Å²) in [6.45, 7) is 11.6. The molecule has 0 aromatic heterocycles. The SMILES string of the molecule is CC(C)C[C@H](NC(=O)CNC(=O)[C@@H](N)CC(C)C)C(=O)N(C(=O)CCCCCN)[C@H]([C]=O)CC(C)C. The number of nitrogens with zero attached hydrogens (tertiary/aromatic N) is 1. The molecule has 0 fully saturated rings. The van der Waals surface area contributed by atoms with E-state index < -0.39 is 41.8 Å². The summed E-state index contributed by atoms with van der Waals surface area (Å²) in [6, 6.07) is -2.81. The molecule has 207 valence electrons. The van der Waals surface area contributed by atoms with Gasteiger partial charge < -0.3 is 22.1 Å². The molecule has 0 aliphatic heterocycles. The first-order valence-electron chi connectivity index (χ1n) is 13.1. The van der Waals surface area contributed by atoms with Crippen LogP contribution in [0.1, 0.15) is 86.5 Å². The Morgan fingerprint density at radius 3 is 1.94 bits per heavy atom. The van der Waals surface area contributed by atoms with Crippen molar-refractivity contribution < 1.29 is 24.0 Å². The van der Waals surface area contributed by atoms with Gasteiger partial charge in [-0.2, -0.15) is 0 Å². The number of unbranched alkanes of at least 4 members (excludes halogenated alkanes) is 2. The van der Waals surface area contributed by atoms with Crippen LogP contribution < -0.4 is 22.1 Å². The molecule has 0 aromatic rings. The highest BCUT2D eigenvalue weighted by atomic mass is 16.2. The third-order valence-corrected chi connectivity index (χ3v) is 5.57. The second kappa shape index (κ2) is 18.0. The maximum Gasteiger partial charge on any atom is 0.252 e. The predicted molar refractivity (Wildman–Crippen MR) is 140 cm³/mol. The lowest BCUT2D eigenvalue weighted by Crippen LogP contribution is -2.56. The lowest BCUT2D eigenvalue weighted by atomic mass is 9.98. The first-order valence-corrected chi connectivity index (χ1v) is 13.1. The highest BCUT2D eigenvalue weighted by Crippen LogP contribution is 2.17. The normalized spacial score (nSPS) is 13.9. The monoisotopic (exact) mass is 510 g/mol.